The summed E-state index contributed by atoms with van der Waals surface area (Å²) < 4.78 is 1.37. The summed E-state index contributed by atoms with van der Waals surface area (Å²) in [5.74, 6) is -0.980. The fourth-order valence-electron chi connectivity index (χ4n) is 3.28. The number of piperazine rings is 1. The second kappa shape index (κ2) is 8.14. The summed E-state index contributed by atoms with van der Waals surface area (Å²) in [6.07, 6.45) is 1.71. The smallest absolute Gasteiger partial charge is 0.354 e. The number of carboxylic acids is 1. The van der Waals surface area contributed by atoms with Crippen LogP contribution in [0, 0.1) is 6.92 Å². The SMILES string of the molecule is Cc1cccc(CN2CCN(C(=O)CCn3nccc3C(=O)O)CC2)c1. The van der Waals surface area contributed by atoms with Gasteiger partial charge in [-0.2, -0.15) is 5.10 Å². The van der Waals surface area contributed by atoms with Crippen molar-refractivity contribution in [3.63, 3.8) is 0 Å². The quantitative estimate of drug-likeness (QED) is 0.851. The number of aromatic carboxylic acids is 1. The van der Waals surface area contributed by atoms with Crippen LogP contribution in [0.4, 0.5) is 0 Å². The molecular formula is C19H24N4O3. The standard InChI is InChI=1S/C19H24N4O3/c1-15-3-2-4-16(13-15)14-21-9-11-22(12-10-21)18(24)6-8-23-17(19(25)26)5-7-20-23/h2-5,7,13H,6,8-12,14H2,1H3,(H,25,26). The molecule has 1 aromatic heterocycles. The number of aryl methyl sites for hydroxylation is 2. The lowest BCUT2D eigenvalue weighted by Gasteiger charge is -2.35. The van der Waals surface area contributed by atoms with Crippen LogP contribution in [-0.2, 0) is 17.9 Å². The van der Waals surface area contributed by atoms with Crippen molar-refractivity contribution < 1.29 is 14.7 Å². The first kappa shape index (κ1) is 18.1. The molecule has 1 aromatic carbocycles. The Morgan fingerprint density at radius 1 is 1.15 bits per heavy atom. The van der Waals surface area contributed by atoms with Gasteiger partial charge in [-0.3, -0.25) is 14.4 Å². The molecule has 7 nitrogen and oxygen atoms in total. The average Bonchev–Trinajstić information content (AvgIpc) is 3.09. The Hall–Kier alpha value is -2.67. The van der Waals surface area contributed by atoms with Gasteiger partial charge in [0.1, 0.15) is 5.69 Å². The van der Waals surface area contributed by atoms with Gasteiger partial charge in [0.2, 0.25) is 5.91 Å². The van der Waals surface area contributed by atoms with E-state index >= 15 is 0 Å². The molecule has 0 radical (unpaired) electrons. The van der Waals surface area contributed by atoms with Crippen molar-refractivity contribution in [1.82, 2.24) is 19.6 Å². The zero-order valence-electron chi connectivity index (χ0n) is 15.0. The van der Waals surface area contributed by atoms with Crippen LogP contribution in [0.1, 0.15) is 28.0 Å². The molecule has 26 heavy (non-hydrogen) atoms. The van der Waals surface area contributed by atoms with E-state index in [9.17, 15) is 9.59 Å². The third-order valence-electron chi connectivity index (χ3n) is 4.69. The Labute approximate surface area is 152 Å². The Bertz CT molecular complexity index is 779. The minimum Gasteiger partial charge on any atom is -0.477 e. The number of carbonyl (C=O) groups excluding carboxylic acids is 1. The van der Waals surface area contributed by atoms with Crippen LogP contribution in [0.5, 0.6) is 0 Å². The number of carboxylic acid groups (broad SMARTS) is 1. The highest BCUT2D eigenvalue weighted by molar-refractivity contribution is 5.85. The van der Waals surface area contributed by atoms with Crippen molar-refractivity contribution in [1.29, 1.82) is 0 Å². The van der Waals surface area contributed by atoms with E-state index < -0.39 is 5.97 Å². The van der Waals surface area contributed by atoms with E-state index in [1.54, 1.807) is 0 Å². The largest absolute Gasteiger partial charge is 0.477 e. The molecule has 2 heterocycles. The molecule has 3 rings (SSSR count). The fourth-order valence-corrected chi connectivity index (χ4v) is 3.28. The Morgan fingerprint density at radius 3 is 2.62 bits per heavy atom. The van der Waals surface area contributed by atoms with Crippen LogP contribution in [0.25, 0.3) is 0 Å². The van der Waals surface area contributed by atoms with Gasteiger partial charge in [0.25, 0.3) is 0 Å². The number of benzene rings is 1. The molecule has 0 atom stereocenters. The van der Waals surface area contributed by atoms with E-state index in [1.165, 1.54) is 28.1 Å². The normalized spacial score (nSPS) is 15.2. The van der Waals surface area contributed by atoms with Crippen LogP contribution >= 0.6 is 0 Å². The number of amides is 1. The van der Waals surface area contributed by atoms with Crippen LogP contribution in [0.2, 0.25) is 0 Å². The van der Waals surface area contributed by atoms with Gasteiger partial charge in [-0.05, 0) is 18.6 Å². The monoisotopic (exact) mass is 356 g/mol. The first-order valence-electron chi connectivity index (χ1n) is 8.84. The lowest BCUT2D eigenvalue weighted by atomic mass is 10.1. The molecule has 0 spiro atoms. The zero-order valence-corrected chi connectivity index (χ0v) is 15.0. The van der Waals surface area contributed by atoms with E-state index in [-0.39, 0.29) is 24.6 Å². The topological polar surface area (TPSA) is 78.7 Å². The van der Waals surface area contributed by atoms with Gasteiger partial charge in [-0.25, -0.2) is 4.79 Å². The van der Waals surface area contributed by atoms with E-state index in [4.69, 9.17) is 5.11 Å². The number of hydrogen-bond donors (Lipinski definition) is 1. The maximum atomic E-state index is 12.4. The van der Waals surface area contributed by atoms with Gasteiger partial charge in [0.15, 0.2) is 0 Å². The maximum absolute atomic E-state index is 12.4. The van der Waals surface area contributed by atoms with Gasteiger partial charge in [0.05, 0.1) is 6.54 Å². The Balaban J connectivity index is 1.46. The molecule has 1 aliphatic heterocycles. The molecule has 7 heteroatoms. The summed E-state index contributed by atoms with van der Waals surface area (Å²) in [6.45, 7) is 6.39. The number of hydrogen-bond acceptors (Lipinski definition) is 4. The lowest BCUT2D eigenvalue weighted by Crippen LogP contribution is -2.48. The molecule has 0 unspecified atom stereocenters. The predicted octanol–water partition coefficient (Wildman–Crippen LogP) is 1.62. The minimum atomic E-state index is -1.03. The maximum Gasteiger partial charge on any atom is 0.354 e. The van der Waals surface area contributed by atoms with E-state index in [2.05, 4.69) is 41.2 Å². The van der Waals surface area contributed by atoms with Crippen LogP contribution < -0.4 is 0 Å². The van der Waals surface area contributed by atoms with Crippen molar-refractivity contribution in [2.75, 3.05) is 26.2 Å². The van der Waals surface area contributed by atoms with Crippen molar-refractivity contribution in [2.45, 2.75) is 26.4 Å². The van der Waals surface area contributed by atoms with Gasteiger partial charge >= 0.3 is 5.97 Å². The Morgan fingerprint density at radius 2 is 1.92 bits per heavy atom. The third kappa shape index (κ3) is 4.49. The molecule has 1 fully saturated rings. The van der Waals surface area contributed by atoms with Crippen LogP contribution in [0.15, 0.2) is 36.5 Å². The third-order valence-corrected chi connectivity index (χ3v) is 4.69. The summed E-state index contributed by atoms with van der Waals surface area (Å²) in [7, 11) is 0. The molecule has 1 amide bonds. The van der Waals surface area contributed by atoms with E-state index in [0.717, 1.165) is 19.6 Å². The summed E-state index contributed by atoms with van der Waals surface area (Å²) in [4.78, 5) is 27.7. The molecule has 1 saturated heterocycles. The van der Waals surface area contributed by atoms with Gasteiger partial charge in [0, 0.05) is 45.3 Å². The Kier molecular flexibility index (Phi) is 5.68. The number of nitrogens with zero attached hydrogens (tertiary/aromatic N) is 4. The molecule has 1 aliphatic rings. The van der Waals surface area contributed by atoms with E-state index in [1.807, 2.05) is 4.90 Å². The lowest BCUT2D eigenvalue weighted by molar-refractivity contribution is -0.133. The molecule has 138 valence electrons. The van der Waals surface area contributed by atoms with Crippen molar-refractivity contribution >= 4 is 11.9 Å². The second-order valence-electron chi connectivity index (χ2n) is 6.64. The first-order chi connectivity index (χ1) is 12.5. The van der Waals surface area contributed by atoms with Crippen LogP contribution in [-0.4, -0.2) is 62.7 Å². The summed E-state index contributed by atoms with van der Waals surface area (Å²) in [5.41, 5.74) is 2.67. The van der Waals surface area contributed by atoms with Gasteiger partial charge in [-0.1, -0.05) is 29.8 Å². The number of rotatable bonds is 6. The summed E-state index contributed by atoms with van der Waals surface area (Å²) in [5, 5.41) is 13.1. The predicted molar refractivity (Wildman–Crippen MR) is 96.8 cm³/mol. The second-order valence-corrected chi connectivity index (χ2v) is 6.64. The highest BCUT2D eigenvalue weighted by atomic mass is 16.4. The van der Waals surface area contributed by atoms with Crippen molar-refractivity contribution in [3.8, 4) is 0 Å². The number of aromatic nitrogens is 2. The molecule has 1 N–H and O–H groups in total. The van der Waals surface area contributed by atoms with Gasteiger partial charge < -0.3 is 10.0 Å². The van der Waals surface area contributed by atoms with Gasteiger partial charge in [-0.15, -0.1) is 0 Å². The molecule has 0 aliphatic carbocycles. The average molecular weight is 356 g/mol. The van der Waals surface area contributed by atoms with E-state index in [0.29, 0.717) is 13.1 Å². The molecule has 0 bridgehead atoms. The highest BCUT2D eigenvalue weighted by Crippen LogP contribution is 2.11. The highest BCUT2D eigenvalue weighted by Gasteiger charge is 2.21. The number of carbonyl (C=O) groups is 2. The molecule has 0 saturated carbocycles. The van der Waals surface area contributed by atoms with Crippen molar-refractivity contribution in [3.05, 3.63) is 53.3 Å². The fraction of sp³-hybridized carbons (Fsp3) is 0.421. The zero-order chi connectivity index (χ0) is 18.5. The van der Waals surface area contributed by atoms with Crippen LogP contribution in [0.3, 0.4) is 0 Å². The summed E-state index contributed by atoms with van der Waals surface area (Å²) >= 11 is 0. The minimum absolute atomic E-state index is 0.0482. The summed E-state index contributed by atoms with van der Waals surface area (Å²) in [6, 6.07) is 9.94. The molecule has 2 aromatic rings. The van der Waals surface area contributed by atoms with Crippen molar-refractivity contribution in [2.24, 2.45) is 0 Å². The first-order valence-corrected chi connectivity index (χ1v) is 8.84. The molecular weight excluding hydrogens is 332 g/mol.